The third kappa shape index (κ3) is 7.60. The van der Waals surface area contributed by atoms with Gasteiger partial charge >= 0.3 is 18.1 Å². The van der Waals surface area contributed by atoms with E-state index in [0.29, 0.717) is 0 Å². The van der Waals surface area contributed by atoms with E-state index in [0.717, 1.165) is 36.3 Å². The summed E-state index contributed by atoms with van der Waals surface area (Å²) < 4.78 is 60.0. The van der Waals surface area contributed by atoms with Crippen LogP contribution in [0.15, 0.2) is 51.8 Å². The Morgan fingerprint density at radius 3 is 2.00 bits per heavy atom. The van der Waals surface area contributed by atoms with Gasteiger partial charge in [-0.15, -0.1) is 0 Å². The lowest BCUT2D eigenvalue weighted by Gasteiger charge is -2.34. The summed E-state index contributed by atoms with van der Waals surface area (Å²) in [4.78, 5) is 25.0. The molecule has 0 bridgehead atoms. The summed E-state index contributed by atoms with van der Waals surface area (Å²) in [6.07, 6.45) is -5.08. The molecule has 0 saturated carbocycles. The molecule has 34 heavy (non-hydrogen) atoms. The smallest absolute Gasteiger partial charge is 0.478 e. The molecule has 9 nitrogen and oxygen atoms in total. The number of sulfonamides is 1. The van der Waals surface area contributed by atoms with Gasteiger partial charge in [0.15, 0.2) is 0 Å². The Labute approximate surface area is 202 Å². The number of hydrogen-bond acceptors (Lipinski definition) is 6. The number of rotatable bonds is 5. The fourth-order valence-electron chi connectivity index (χ4n) is 2.88. The van der Waals surface area contributed by atoms with Gasteiger partial charge in [-0.1, -0.05) is 15.9 Å². The highest BCUT2D eigenvalue weighted by Gasteiger charge is 2.38. The van der Waals surface area contributed by atoms with E-state index in [1.165, 1.54) is 24.3 Å². The van der Waals surface area contributed by atoms with Gasteiger partial charge in [-0.2, -0.15) is 13.2 Å². The van der Waals surface area contributed by atoms with Gasteiger partial charge < -0.3 is 20.0 Å². The van der Waals surface area contributed by atoms with E-state index in [9.17, 15) is 31.5 Å². The van der Waals surface area contributed by atoms with E-state index in [-0.39, 0.29) is 16.1 Å². The van der Waals surface area contributed by atoms with Crippen LogP contribution in [0.2, 0.25) is 0 Å². The molecule has 1 heterocycles. The average Bonchev–Trinajstić information content (AvgIpc) is 2.74. The van der Waals surface area contributed by atoms with Gasteiger partial charge in [0.05, 0.1) is 16.1 Å². The summed E-state index contributed by atoms with van der Waals surface area (Å²) >= 11 is 3.26. The molecule has 1 fully saturated rings. The number of anilines is 2. The van der Waals surface area contributed by atoms with Crippen LogP contribution in [0.4, 0.5) is 24.5 Å². The number of piperazine rings is 1. The number of aromatic carboxylic acids is 1. The number of benzene rings is 2. The predicted molar refractivity (Wildman–Crippen MR) is 122 cm³/mol. The topological polar surface area (TPSA) is 127 Å². The zero-order valence-electron chi connectivity index (χ0n) is 17.7. The SMILES string of the molecule is CN1CCN(c2ccc(NS(=O)(=O)c3ccc(Br)cc3)c(C(=O)O)c2)CC1.O=C(O)C(F)(F)F. The van der Waals surface area contributed by atoms with Crippen LogP contribution < -0.4 is 9.62 Å². The first kappa shape index (κ1) is 27.4. The number of carbonyl (C=O) groups is 2. The van der Waals surface area contributed by atoms with Crippen LogP contribution in [0, 0.1) is 0 Å². The van der Waals surface area contributed by atoms with Gasteiger partial charge in [0.1, 0.15) is 0 Å². The number of alkyl halides is 3. The molecule has 0 aromatic heterocycles. The van der Waals surface area contributed by atoms with Crippen LogP contribution in [0.3, 0.4) is 0 Å². The van der Waals surface area contributed by atoms with Crippen molar-refractivity contribution in [2.75, 3.05) is 42.8 Å². The summed E-state index contributed by atoms with van der Waals surface area (Å²) in [6.45, 7) is 3.36. The molecule has 0 radical (unpaired) electrons. The quantitative estimate of drug-likeness (QED) is 0.502. The molecule has 1 aliphatic heterocycles. The molecule has 3 N–H and O–H groups in total. The van der Waals surface area contributed by atoms with Crippen molar-refractivity contribution in [3.05, 3.63) is 52.5 Å². The number of likely N-dealkylation sites (N-methyl/N-ethyl adjacent to an activating group) is 1. The molecule has 0 aliphatic carbocycles. The van der Waals surface area contributed by atoms with Crippen molar-refractivity contribution in [1.29, 1.82) is 0 Å². The third-order valence-electron chi connectivity index (χ3n) is 4.71. The molecule has 0 atom stereocenters. The molecule has 14 heteroatoms. The number of nitrogens with one attached hydrogen (secondary N) is 1. The highest BCUT2D eigenvalue weighted by Crippen LogP contribution is 2.27. The lowest BCUT2D eigenvalue weighted by atomic mass is 10.1. The second kappa shape index (κ2) is 11.1. The number of hydrogen-bond donors (Lipinski definition) is 3. The third-order valence-corrected chi connectivity index (χ3v) is 6.62. The fraction of sp³-hybridized carbons (Fsp3) is 0.300. The predicted octanol–water partition coefficient (Wildman–Crippen LogP) is 3.33. The van der Waals surface area contributed by atoms with Gasteiger partial charge in [0.2, 0.25) is 0 Å². The van der Waals surface area contributed by atoms with Crippen LogP contribution in [0.5, 0.6) is 0 Å². The fourth-order valence-corrected chi connectivity index (χ4v) is 4.22. The minimum atomic E-state index is -5.08. The lowest BCUT2D eigenvalue weighted by molar-refractivity contribution is -0.192. The zero-order valence-corrected chi connectivity index (χ0v) is 20.1. The van der Waals surface area contributed by atoms with Crippen LogP contribution >= 0.6 is 15.9 Å². The number of halogens is 4. The van der Waals surface area contributed by atoms with Crippen LogP contribution in [-0.2, 0) is 14.8 Å². The summed E-state index contributed by atoms with van der Waals surface area (Å²) in [5.74, 6) is -3.94. The van der Waals surface area contributed by atoms with Crippen molar-refractivity contribution in [3.8, 4) is 0 Å². The highest BCUT2D eigenvalue weighted by atomic mass is 79.9. The Balaban J connectivity index is 0.000000509. The Bertz CT molecular complexity index is 1140. The van der Waals surface area contributed by atoms with Crippen molar-refractivity contribution < 1.29 is 41.4 Å². The molecule has 1 saturated heterocycles. The van der Waals surface area contributed by atoms with Gasteiger partial charge in [0.25, 0.3) is 10.0 Å². The Kier molecular flexibility index (Phi) is 8.91. The maximum atomic E-state index is 12.6. The van der Waals surface area contributed by atoms with E-state index < -0.39 is 28.1 Å². The van der Waals surface area contributed by atoms with E-state index in [1.54, 1.807) is 18.2 Å². The molecule has 0 spiro atoms. The number of carboxylic acid groups (broad SMARTS) is 2. The largest absolute Gasteiger partial charge is 0.490 e. The monoisotopic (exact) mass is 567 g/mol. The molecule has 0 amide bonds. The Morgan fingerprint density at radius 2 is 1.53 bits per heavy atom. The van der Waals surface area contributed by atoms with Gasteiger partial charge in [-0.3, -0.25) is 4.72 Å². The second-order valence-corrected chi connectivity index (χ2v) is 9.79. The Morgan fingerprint density at radius 1 is 1.00 bits per heavy atom. The summed E-state index contributed by atoms with van der Waals surface area (Å²) in [5, 5.41) is 16.7. The maximum Gasteiger partial charge on any atom is 0.490 e. The van der Waals surface area contributed by atoms with Crippen LogP contribution in [0.1, 0.15) is 10.4 Å². The van der Waals surface area contributed by atoms with Crippen molar-refractivity contribution in [1.82, 2.24) is 4.90 Å². The number of aliphatic carboxylic acids is 1. The highest BCUT2D eigenvalue weighted by molar-refractivity contribution is 9.10. The average molecular weight is 568 g/mol. The molecule has 0 unspecified atom stereocenters. The summed E-state index contributed by atoms with van der Waals surface area (Å²) in [6, 6.07) is 10.9. The summed E-state index contributed by atoms with van der Waals surface area (Å²) in [7, 11) is -1.84. The summed E-state index contributed by atoms with van der Waals surface area (Å²) in [5.41, 5.74) is 0.738. The minimum Gasteiger partial charge on any atom is -0.478 e. The minimum absolute atomic E-state index is 0.0447. The normalized spacial score (nSPS) is 14.7. The van der Waals surface area contributed by atoms with E-state index >= 15 is 0 Å². The van der Waals surface area contributed by atoms with Gasteiger partial charge in [-0.25, -0.2) is 18.0 Å². The van der Waals surface area contributed by atoms with E-state index in [2.05, 4.69) is 30.5 Å². The molecular weight excluding hydrogens is 547 g/mol. The number of nitrogens with zero attached hydrogens (tertiary/aromatic N) is 2. The maximum absolute atomic E-state index is 12.6. The van der Waals surface area contributed by atoms with Crippen molar-refractivity contribution >= 4 is 49.3 Å². The van der Waals surface area contributed by atoms with Crippen molar-refractivity contribution in [2.24, 2.45) is 0 Å². The molecular formula is C20H21BrF3N3O6S. The molecule has 2 aromatic rings. The number of carboxylic acids is 2. The van der Waals surface area contributed by atoms with E-state index in [1.807, 2.05) is 7.05 Å². The van der Waals surface area contributed by atoms with Crippen LogP contribution in [0.25, 0.3) is 0 Å². The first-order chi connectivity index (χ1) is 15.7. The first-order valence-corrected chi connectivity index (χ1v) is 11.9. The second-order valence-electron chi connectivity index (χ2n) is 7.19. The van der Waals surface area contributed by atoms with Crippen molar-refractivity contribution in [3.63, 3.8) is 0 Å². The molecule has 3 rings (SSSR count). The zero-order chi connectivity index (χ0) is 25.7. The van der Waals surface area contributed by atoms with Crippen LogP contribution in [-0.4, -0.2) is 74.9 Å². The van der Waals surface area contributed by atoms with Gasteiger partial charge in [-0.05, 0) is 49.5 Å². The molecule has 186 valence electrons. The lowest BCUT2D eigenvalue weighted by Crippen LogP contribution is -2.44. The Hall–Kier alpha value is -2.84. The standard InChI is InChI=1S/C18H20BrN3O4S.C2HF3O2/c1-21-8-10-22(11-9-21)14-4-7-17(16(12-14)18(23)24)20-27(25,26)15-5-2-13(19)3-6-15;3-2(4,5)1(6)7/h2-7,12,20H,8-11H2,1H3,(H,23,24);(H,6,7). The van der Waals surface area contributed by atoms with E-state index in [4.69, 9.17) is 9.90 Å². The molecule has 1 aliphatic rings. The first-order valence-electron chi connectivity index (χ1n) is 9.60. The van der Waals surface area contributed by atoms with Gasteiger partial charge in [0, 0.05) is 36.3 Å². The van der Waals surface area contributed by atoms with Crippen molar-refractivity contribution in [2.45, 2.75) is 11.1 Å². The molecule has 2 aromatic carbocycles.